The summed E-state index contributed by atoms with van der Waals surface area (Å²) in [6.45, 7) is 1.52. The van der Waals surface area contributed by atoms with E-state index >= 15 is 0 Å². The minimum absolute atomic E-state index is 0.179. The van der Waals surface area contributed by atoms with E-state index in [2.05, 4.69) is 25.3 Å². The van der Waals surface area contributed by atoms with Crippen LogP contribution < -0.4 is 11.1 Å². The number of hydrogen-bond acceptors (Lipinski definition) is 6. The standard InChI is InChI=1S/C17H21N7O/c1-23(2)9-5-8-20-17(25)12-10-21-16-14(13-6-3-4-7-19-13)15(18)22-24(16)11-12/h3-4,6-7,10-11H,5,8-9H2,1-2H3,(H2,18,22)(H,20,25). The summed E-state index contributed by atoms with van der Waals surface area (Å²) in [5.41, 5.74) is 8.39. The molecule has 3 aromatic heterocycles. The number of carbonyl (C=O) groups excluding carboxylic acids is 1. The number of nitrogen functional groups attached to an aromatic ring is 1. The molecule has 8 nitrogen and oxygen atoms in total. The van der Waals surface area contributed by atoms with Crippen LogP contribution >= 0.6 is 0 Å². The zero-order valence-corrected chi connectivity index (χ0v) is 14.3. The molecule has 25 heavy (non-hydrogen) atoms. The number of carbonyl (C=O) groups is 1. The number of rotatable bonds is 6. The fourth-order valence-electron chi connectivity index (χ4n) is 2.52. The van der Waals surface area contributed by atoms with Crippen LogP contribution in [0.3, 0.4) is 0 Å². The normalized spacial score (nSPS) is 11.2. The molecule has 0 saturated carbocycles. The molecule has 3 N–H and O–H groups in total. The van der Waals surface area contributed by atoms with E-state index in [0.29, 0.717) is 34.8 Å². The number of hydrogen-bond donors (Lipinski definition) is 2. The van der Waals surface area contributed by atoms with Crippen LogP contribution in [0.5, 0.6) is 0 Å². The van der Waals surface area contributed by atoms with Gasteiger partial charge >= 0.3 is 0 Å². The zero-order chi connectivity index (χ0) is 17.8. The van der Waals surface area contributed by atoms with Crippen molar-refractivity contribution in [2.75, 3.05) is 32.9 Å². The monoisotopic (exact) mass is 339 g/mol. The van der Waals surface area contributed by atoms with Gasteiger partial charge in [-0.1, -0.05) is 6.07 Å². The number of aromatic nitrogens is 4. The fraction of sp³-hybridized carbons (Fsp3) is 0.294. The highest BCUT2D eigenvalue weighted by molar-refractivity contribution is 5.94. The van der Waals surface area contributed by atoms with Gasteiger partial charge in [0, 0.05) is 25.1 Å². The Morgan fingerprint density at radius 1 is 1.32 bits per heavy atom. The molecule has 0 atom stereocenters. The number of nitrogens with two attached hydrogens (primary N) is 1. The van der Waals surface area contributed by atoms with Gasteiger partial charge in [0.05, 0.1) is 16.8 Å². The lowest BCUT2D eigenvalue weighted by Crippen LogP contribution is -2.27. The van der Waals surface area contributed by atoms with Crippen molar-refractivity contribution in [3.8, 4) is 11.3 Å². The number of nitrogens with zero attached hydrogens (tertiary/aromatic N) is 5. The van der Waals surface area contributed by atoms with Crippen molar-refractivity contribution in [3.63, 3.8) is 0 Å². The molecule has 3 aromatic rings. The summed E-state index contributed by atoms with van der Waals surface area (Å²) in [7, 11) is 4.00. The maximum Gasteiger partial charge on any atom is 0.254 e. The Balaban J connectivity index is 1.81. The molecule has 0 fully saturated rings. The average Bonchev–Trinajstić information content (AvgIpc) is 2.94. The molecular formula is C17H21N7O. The summed E-state index contributed by atoms with van der Waals surface area (Å²) in [5, 5.41) is 7.14. The van der Waals surface area contributed by atoms with Gasteiger partial charge in [-0.2, -0.15) is 0 Å². The van der Waals surface area contributed by atoms with Gasteiger partial charge in [-0.15, -0.1) is 5.10 Å². The van der Waals surface area contributed by atoms with Crippen molar-refractivity contribution in [1.82, 2.24) is 29.8 Å². The molecule has 0 aliphatic rings. The molecule has 0 spiro atoms. The largest absolute Gasteiger partial charge is 0.382 e. The van der Waals surface area contributed by atoms with Crippen molar-refractivity contribution in [1.29, 1.82) is 0 Å². The van der Waals surface area contributed by atoms with Crippen molar-refractivity contribution in [3.05, 3.63) is 42.4 Å². The summed E-state index contributed by atoms with van der Waals surface area (Å²) >= 11 is 0. The Morgan fingerprint density at radius 3 is 2.88 bits per heavy atom. The van der Waals surface area contributed by atoms with Crippen LogP contribution in [0, 0.1) is 0 Å². The number of pyridine rings is 1. The van der Waals surface area contributed by atoms with Crippen LogP contribution in [-0.2, 0) is 0 Å². The fourth-order valence-corrected chi connectivity index (χ4v) is 2.52. The molecule has 0 saturated heterocycles. The number of nitrogens with one attached hydrogen (secondary N) is 1. The van der Waals surface area contributed by atoms with Gasteiger partial charge < -0.3 is 16.0 Å². The molecule has 0 unspecified atom stereocenters. The minimum atomic E-state index is -0.179. The van der Waals surface area contributed by atoms with Crippen LogP contribution in [0.1, 0.15) is 16.8 Å². The van der Waals surface area contributed by atoms with Crippen molar-refractivity contribution in [2.24, 2.45) is 0 Å². The van der Waals surface area contributed by atoms with E-state index in [9.17, 15) is 4.79 Å². The van der Waals surface area contributed by atoms with Crippen LogP contribution in [-0.4, -0.2) is 57.6 Å². The first-order valence-corrected chi connectivity index (χ1v) is 8.04. The first kappa shape index (κ1) is 16.8. The lowest BCUT2D eigenvalue weighted by Gasteiger charge is -2.09. The first-order valence-electron chi connectivity index (χ1n) is 8.04. The molecule has 1 amide bonds. The van der Waals surface area contributed by atoms with E-state index < -0.39 is 0 Å². The summed E-state index contributed by atoms with van der Waals surface area (Å²) in [6.07, 6.45) is 5.73. The van der Waals surface area contributed by atoms with Crippen LogP contribution in [0.4, 0.5) is 5.82 Å². The third-order valence-electron chi connectivity index (χ3n) is 3.75. The molecule has 8 heteroatoms. The molecule has 3 rings (SSSR count). The molecule has 130 valence electrons. The van der Waals surface area contributed by atoms with Crippen molar-refractivity contribution < 1.29 is 4.79 Å². The van der Waals surface area contributed by atoms with E-state index in [-0.39, 0.29) is 5.91 Å². The predicted octanol–water partition coefficient (Wildman–Crippen LogP) is 1.05. The van der Waals surface area contributed by atoms with Gasteiger partial charge in [0.1, 0.15) is 0 Å². The number of amides is 1. The third-order valence-corrected chi connectivity index (χ3v) is 3.75. The second-order valence-electron chi connectivity index (χ2n) is 6.00. The van der Waals surface area contributed by atoms with Gasteiger partial charge in [0.25, 0.3) is 5.91 Å². The average molecular weight is 339 g/mol. The van der Waals surface area contributed by atoms with Crippen LogP contribution in [0.15, 0.2) is 36.8 Å². The topological polar surface area (TPSA) is 101 Å². The molecule has 0 bridgehead atoms. The zero-order valence-electron chi connectivity index (χ0n) is 14.3. The van der Waals surface area contributed by atoms with Gasteiger partial charge in [-0.25, -0.2) is 9.50 Å². The van der Waals surface area contributed by atoms with Gasteiger partial charge in [0.2, 0.25) is 0 Å². The summed E-state index contributed by atoms with van der Waals surface area (Å²) in [6, 6.07) is 5.55. The van der Waals surface area contributed by atoms with E-state index in [1.54, 1.807) is 12.4 Å². The summed E-state index contributed by atoms with van der Waals surface area (Å²) in [5.74, 6) is 0.149. The molecule has 0 aliphatic heterocycles. The second kappa shape index (κ2) is 7.27. The van der Waals surface area contributed by atoms with E-state index in [1.165, 1.54) is 10.7 Å². The Bertz CT molecular complexity index is 873. The smallest absolute Gasteiger partial charge is 0.254 e. The highest BCUT2D eigenvalue weighted by Gasteiger charge is 2.16. The maximum absolute atomic E-state index is 12.2. The molecule has 0 radical (unpaired) electrons. The van der Waals surface area contributed by atoms with E-state index in [4.69, 9.17) is 5.73 Å². The Kier molecular flexibility index (Phi) is 4.90. The van der Waals surface area contributed by atoms with Gasteiger partial charge in [-0.3, -0.25) is 9.78 Å². The highest BCUT2D eigenvalue weighted by atomic mass is 16.1. The molecule has 3 heterocycles. The molecule has 0 aliphatic carbocycles. The summed E-state index contributed by atoms with van der Waals surface area (Å²) < 4.78 is 1.52. The molecule has 0 aromatic carbocycles. The Hall–Kier alpha value is -3.00. The SMILES string of the molecule is CN(C)CCCNC(=O)c1cnc2c(-c3ccccn3)c(N)nn2c1. The van der Waals surface area contributed by atoms with Crippen molar-refractivity contribution in [2.45, 2.75) is 6.42 Å². The molecular weight excluding hydrogens is 318 g/mol. The second-order valence-corrected chi connectivity index (χ2v) is 6.00. The summed E-state index contributed by atoms with van der Waals surface area (Å²) in [4.78, 5) is 23.0. The highest BCUT2D eigenvalue weighted by Crippen LogP contribution is 2.27. The van der Waals surface area contributed by atoms with Crippen LogP contribution in [0.2, 0.25) is 0 Å². The first-order chi connectivity index (χ1) is 12.1. The predicted molar refractivity (Wildman–Crippen MR) is 96.1 cm³/mol. The maximum atomic E-state index is 12.2. The lowest BCUT2D eigenvalue weighted by molar-refractivity contribution is 0.0951. The Labute approximate surface area is 145 Å². The van der Waals surface area contributed by atoms with E-state index in [0.717, 1.165) is 13.0 Å². The number of fused-ring (bicyclic) bond motifs is 1. The van der Waals surface area contributed by atoms with E-state index in [1.807, 2.05) is 32.3 Å². The van der Waals surface area contributed by atoms with Gasteiger partial charge in [0.15, 0.2) is 11.5 Å². The quantitative estimate of drug-likeness (QED) is 0.651. The van der Waals surface area contributed by atoms with Crippen molar-refractivity contribution >= 4 is 17.4 Å². The Morgan fingerprint density at radius 2 is 2.16 bits per heavy atom. The third kappa shape index (κ3) is 3.74. The lowest BCUT2D eigenvalue weighted by atomic mass is 10.2. The number of anilines is 1. The van der Waals surface area contributed by atoms with Gasteiger partial charge in [-0.05, 0) is 39.2 Å². The van der Waals surface area contributed by atoms with Crippen LogP contribution in [0.25, 0.3) is 16.9 Å². The minimum Gasteiger partial charge on any atom is -0.382 e.